The minimum Gasteiger partial charge on any atom is -0.207 e. The lowest BCUT2D eigenvalue weighted by Crippen LogP contribution is -2.47. The fraction of sp³-hybridized carbons (Fsp3) is 0.500. The van der Waals surface area contributed by atoms with Crippen LogP contribution >= 0.6 is 0 Å². The summed E-state index contributed by atoms with van der Waals surface area (Å²) in [6, 6.07) is 5.27. The standard InChI is InChI=1S/C14H17FN2O2S/c1-14(8-3-2-4-9-14)17-20(18,19)13-7-5-6-12(15)11(13)10-16/h5-7,17H,2-4,8-9H2,1H3. The predicted octanol–water partition coefficient (Wildman–Crippen LogP) is 2.70. The van der Waals surface area contributed by atoms with Gasteiger partial charge >= 0.3 is 0 Å². The Morgan fingerprint density at radius 3 is 2.55 bits per heavy atom. The maximum atomic E-state index is 13.5. The summed E-state index contributed by atoms with van der Waals surface area (Å²) in [5.41, 5.74) is -0.949. The number of hydrogen-bond acceptors (Lipinski definition) is 3. The number of nitriles is 1. The molecule has 1 aromatic carbocycles. The van der Waals surface area contributed by atoms with Crippen LogP contribution in [0.5, 0.6) is 0 Å². The van der Waals surface area contributed by atoms with Crippen molar-refractivity contribution in [2.75, 3.05) is 0 Å². The van der Waals surface area contributed by atoms with E-state index in [4.69, 9.17) is 5.26 Å². The van der Waals surface area contributed by atoms with Crippen LogP contribution in [0.4, 0.5) is 4.39 Å². The molecular formula is C14H17FN2O2S. The topological polar surface area (TPSA) is 70.0 Å². The molecule has 0 unspecified atom stereocenters. The summed E-state index contributed by atoms with van der Waals surface area (Å²) in [4.78, 5) is -0.285. The highest BCUT2D eigenvalue weighted by molar-refractivity contribution is 7.89. The molecule has 0 atom stereocenters. The van der Waals surface area contributed by atoms with E-state index in [2.05, 4.69) is 4.72 Å². The third-order valence-electron chi connectivity index (χ3n) is 3.71. The van der Waals surface area contributed by atoms with Crippen molar-refractivity contribution in [2.24, 2.45) is 0 Å². The highest BCUT2D eigenvalue weighted by atomic mass is 32.2. The Kier molecular flexibility index (Phi) is 4.11. The summed E-state index contributed by atoms with van der Waals surface area (Å²) in [7, 11) is -3.90. The first-order valence-electron chi connectivity index (χ1n) is 6.61. The minimum atomic E-state index is -3.90. The lowest BCUT2D eigenvalue weighted by atomic mass is 9.84. The Bertz CT molecular complexity index is 644. The second-order valence-corrected chi connectivity index (χ2v) is 7.10. The third kappa shape index (κ3) is 3.00. The van der Waals surface area contributed by atoms with Crippen molar-refractivity contribution in [3.63, 3.8) is 0 Å². The number of rotatable bonds is 3. The quantitative estimate of drug-likeness (QED) is 0.932. The zero-order chi connectivity index (χ0) is 14.8. The third-order valence-corrected chi connectivity index (χ3v) is 5.40. The zero-order valence-electron chi connectivity index (χ0n) is 11.3. The molecule has 4 nitrogen and oxygen atoms in total. The molecule has 6 heteroatoms. The molecule has 0 heterocycles. The second kappa shape index (κ2) is 5.51. The summed E-state index contributed by atoms with van der Waals surface area (Å²) in [6.45, 7) is 1.86. The van der Waals surface area contributed by atoms with Crippen molar-refractivity contribution in [1.82, 2.24) is 4.72 Å². The highest BCUT2D eigenvalue weighted by Gasteiger charge is 2.33. The predicted molar refractivity (Wildman–Crippen MR) is 72.9 cm³/mol. The van der Waals surface area contributed by atoms with Gasteiger partial charge in [0.2, 0.25) is 10.0 Å². The van der Waals surface area contributed by atoms with Gasteiger partial charge in [-0.05, 0) is 31.9 Å². The van der Waals surface area contributed by atoms with Crippen molar-refractivity contribution in [1.29, 1.82) is 5.26 Å². The van der Waals surface area contributed by atoms with Crippen LogP contribution in [0.3, 0.4) is 0 Å². The average Bonchev–Trinajstić information content (AvgIpc) is 2.38. The van der Waals surface area contributed by atoms with Gasteiger partial charge in [-0.2, -0.15) is 5.26 Å². The van der Waals surface area contributed by atoms with Crippen molar-refractivity contribution in [3.05, 3.63) is 29.6 Å². The molecule has 2 rings (SSSR count). The van der Waals surface area contributed by atoms with E-state index in [0.29, 0.717) is 0 Å². The van der Waals surface area contributed by atoms with Crippen LogP contribution in [0.25, 0.3) is 0 Å². The Hall–Kier alpha value is -1.45. The van der Waals surface area contributed by atoms with E-state index in [9.17, 15) is 12.8 Å². The van der Waals surface area contributed by atoms with Gasteiger partial charge in [0.1, 0.15) is 22.3 Å². The van der Waals surface area contributed by atoms with Gasteiger partial charge in [-0.1, -0.05) is 25.3 Å². The lowest BCUT2D eigenvalue weighted by Gasteiger charge is -2.34. The molecule has 0 radical (unpaired) electrons. The molecule has 20 heavy (non-hydrogen) atoms. The van der Waals surface area contributed by atoms with Gasteiger partial charge in [-0.3, -0.25) is 0 Å². The van der Waals surface area contributed by atoms with Gasteiger partial charge in [0.15, 0.2) is 0 Å². The van der Waals surface area contributed by atoms with Gasteiger partial charge in [-0.15, -0.1) is 0 Å². The fourth-order valence-electron chi connectivity index (χ4n) is 2.65. The van der Waals surface area contributed by atoms with Gasteiger partial charge in [0.25, 0.3) is 0 Å². The summed E-state index contributed by atoms with van der Waals surface area (Å²) in [5, 5.41) is 8.95. The molecule has 1 aliphatic carbocycles. The second-order valence-electron chi connectivity index (χ2n) is 5.45. The normalized spacial score (nSPS) is 18.4. The number of sulfonamides is 1. The number of benzene rings is 1. The highest BCUT2D eigenvalue weighted by Crippen LogP contribution is 2.30. The first-order valence-corrected chi connectivity index (χ1v) is 8.09. The maximum Gasteiger partial charge on any atom is 0.242 e. The molecule has 1 saturated carbocycles. The largest absolute Gasteiger partial charge is 0.242 e. The molecule has 0 aliphatic heterocycles. The van der Waals surface area contributed by atoms with Crippen LogP contribution in [0.2, 0.25) is 0 Å². The molecule has 108 valence electrons. The van der Waals surface area contributed by atoms with E-state index in [-0.39, 0.29) is 4.90 Å². The van der Waals surface area contributed by atoms with Crippen LogP contribution in [-0.4, -0.2) is 14.0 Å². The van der Waals surface area contributed by atoms with Gasteiger partial charge in [0.05, 0.1) is 0 Å². The van der Waals surface area contributed by atoms with Crippen molar-refractivity contribution < 1.29 is 12.8 Å². The van der Waals surface area contributed by atoms with Crippen LogP contribution in [-0.2, 0) is 10.0 Å². The summed E-state index contributed by atoms with van der Waals surface area (Å²) in [5.74, 6) is -0.816. The molecule has 1 fully saturated rings. The van der Waals surface area contributed by atoms with E-state index in [1.807, 2.05) is 6.92 Å². The molecular weight excluding hydrogens is 279 g/mol. The maximum absolute atomic E-state index is 13.5. The lowest BCUT2D eigenvalue weighted by molar-refractivity contribution is 0.294. The van der Waals surface area contributed by atoms with Crippen molar-refractivity contribution >= 4 is 10.0 Å². The van der Waals surface area contributed by atoms with E-state index in [0.717, 1.165) is 38.2 Å². The number of nitrogens with one attached hydrogen (secondary N) is 1. The Balaban J connectivity index is 2.36. The van der Waals surface area contributed by atoms with Crippen molar-refractivity contribution in [2.45, 2.75) is 49.5 Å². The molecule has 0 amide bonds. The molecule has 1 aromatic rings. The number of nitrogens with zero attached hydrogens (tertiary/aromatic N) is 1. The molecule has 0 aromatic heterocycles. The number of halogens is 1. The first kappa shape index (κ1) is 14.9. The first-order chi connectivity index (χ1) is 9.38. The summed E-state index contributed by atoms with van der Waals surface area (Å²) < 4.78 is 41.0. The molecule has 1 N–H and O–H groups in total. The van der Waals surface area contributed by atoms with Gasteiger partial charge in [0, 0.05) is 5.54 Å². The van der Waals surface area contributed by atoms with E-state index < -0.39 is 26.9 Å². The van der Waals surface area contributed by atoms with E-state index >= 15 is 0 Å². The molecule has 0 bridgehead atoms. The monoisotopic (exact) mass is 296 g/mol. The molecule has 0 saturated heterocycles. The fourth-order valence-corrected chi connectivity index (χ4v) is 4.28. The number of hydrogen-bond donors (Lipinski definition) is 1. The minimum absolute atomic E-state index is 0.285. The van der Waals surface area contributed by atoms with Gasteiger partial charge in [-0.25, -0.2) is 17.5 Å². The van der Waals surface area contributed by atoms with Crippen LogP contribution in [0.1, 0.15) is 44.6 Å². The SMILES string of the molecule is CC1(NS(=O)(=O)c2cccc(F)c2C#N)CCCCC1. The summed E-state index contributed by atoms with van der Waals surface area (Å²) in [6.07, 6.45) is 4.54. The van der Waals surface area contributed by atoms with Crippen molar-refractivity contribution in [3.8, 4) is 6.07 Å². The summed E-state index contributed by atoms with van der Waals surface area (Å²) >= 11 is 0. The van der Waals surface area contributed by atoms with E-state index in [1.165, 1.54) is 12.1 Å². The van der Waals surface area contributed by atoms with Crippen LogP contribution in [0.15, 0.2) is 23.1 Å². The molecule has 1 aliphatic rings. The Morgan fingerprint density at radius 2 is 1.95 bits per heavy atom. The Labute approximate surface area is 118 Å². The zero-order valence-corrected chi connectivity index (χ0v) is 12.1. The average molecular weight is 296 g/mol. The van der Waals surface area contributed by atoms with E-state index in [1.54, 1.807) is 6.07 Å². The molecule has 0 spiro atoms. The van der Waals surface area contributed by atoms with Crippen LogP contribution < -0.4 is 4.72 Å². The smallest absolute Gasteiger partial charge is 0.207 e. The van der Waals surface area contributed by atoms with Crippen LogP contribution in [0, 0.1) is 17.1 Å². The van der Waals surface area contributed by atoms with Gasteiger partial charge < -0.3 is 0 Å². The Morgan fingerprint density at radius 1 is 1.30 bits per heavy atom.